The van der Waals surface area contributed by atoms with Crippen molar-refractivity contribution in [2.75, 3.05) is 6.54 Å². The quantitative estimate of drug-likeness (QED) is 0.489. The first-order chi connectivity index (χ1) is 3.62. The maximum absolute atomic E-state index is 11.9. The zero-order valence-electron chi connectivity index (χ0n) is 4.62. The molecule has 0 spiro atoms. The summed E-state index contributed by atoms with van der Waals surface area (Å²) in [6.07, 6.45) is -0.241. The van der Waals surface area contributed by atoms with Gasteiger partial charge in [-0.1, -0.05) is 6.92 Å². The zero-order chi connectivity index (χ0) is 6.62. The molecule has 0 amide bonds. The van der Waals surface area contributed by atoms with Gasteiger partial charge in [0.1, 0.15) is 0 Å². The minimum Gasteiger partial charge on any atom is -0.310 e. The predicted octanol–water partition coefficient (Wildman–Crippen LogP) is 1.95. The molecule has 0 aromatic heterocycles. The Balaban J connectivity index is 3.58. The number of hydrogen-bond acceptors (Lipinski definition) is 0. The first kappa shape index (κ1) is 7.35. The van der Waals surface area contributed by atoms with Crippen LogP contribution in [-0.4, -0.2) is 12.5 Å². The van der Waals surface area contributed by atoms with E-state index >= 15 is 0 Å². The van der Waals surface area contributed by atoms with E-state index in [2.05, 4.69) is 4.85 Å². The lowest BCUT2D eigenvalue weighted by Crippen LogP contribution is -2.16. The minimum absolute atomic E-state index is 0.241. The molecule has 46 valence electrons. The molecule has 0 atom stereocenters. The standard InChI is InChI=1S/C5H7F2N/c1-3-5(6,7)4-8-2/h3-4H2,1H3. The van der Waals surface area contributed by atoms with Crippen LogP contribution >= 0.6 is 0 Å². The highest BCUT2D eigenvalue weighted by molar-refractivity contribution is 4.74. The number of halogens is 2. The van der Waals surface area contributed by atoms with Gasteiger partial charge in [-0.05, 0) is 0 Å². The molecule has 0 saturated heterocycles. The highest BCUT2D eigenvalue weighted by Crippen LogP contribution is 2.17. The van der Waals surface area contributed by atoms with Crippen molar-refractivity contribution < 1.29 is 8.78 Å². The van der Waals surface area contributed by atoms with Crippen LogP contribution in [0.25, 0.3) is 4.85 Å². The first-order valence-corrected chi connectivity index (χ1v) is 2.33. The predicted molar refractivity (Wildman–Crippen MR) is 26.7 cm³/mol. The summed E-state index contributed by atoms with van der Waals surface area (Å²) in [4.78, 5) is 2.58. The second kappa shape index (κ2) is 2.61. The number of nitrogens with zero attached hydrogens (tertiary/aromatic N) is 1. The van der Waals surface area contributed by atoms with Gasteiger partial charge < -0.3 is 4.85 Å². The molecule has 0 aliphatic rings. The number of hydrogen-bond donors (Lipinski definition) is 0. The van der Waals surface area contributed by atoms with Gasteiger partial charge in [-0.15, -0.1) is 0 Å². The fourth-order valence-corrected chi connectivity index (χ4v) is 0.227. The van der Waals surface area contributed by atoms with E-state index in [9.17, 15) is 8.78 Å². The minimum atomic E-state index is -2.76. The second-order valence-corrected chi connectivity index (χ2v) is 1.53. The molecule has 0 bridgehead atoms. The molecule has 0 aliphatic carbocycles. The van der Waals surface area contributed by atoms with Gasteiger partial charge in [0.15, 0.2) is 0 Å². The molecule has 3 heteroatoms. The molecule has 0 heterocycles. The van der Waals surface area contributed by atoms with Crippen molar-refractivity contribution in [1.82, 2.24) is 0 Å². The summed E-state index contributed by atoms with van der Waals surface area (Å²) in [6.45, 7) is 6.80. The van der Waals surface area contributed by atoms with Gasteiger partial charge in [0.05, 0.1) is 0 Å². The van der Waals surface area contributed by atoms with Gasteiger partial charge in [0.25, 0.3) is 6.54 Å². The van der Waals surface area contributed by atoms with Crippen LogP contribution in [0.5, 0.6) is 0 Å². The van der Waals surface area contributed by atoms with Crippen LogP contribution in [0.4, 0.5) is 8.78 Å². The van der Waals surface area contributed by atoms with Gasteiger partial charge in [0.2, 0.25) is 0 Å². The van der Waals surface area contributed by atoms with Crippen molar-refractivity contribution in [3.8, 4) is 0 Å². The Labute approximate surface area is 47.1 Å². The fourth-order valence-electron chi connectivity index (χ4n) is 0.227. The van der Waals surface area contributed by atoms with Gasteiger partial charge in [-0.3, -0.25) is 0 Å². The van der Waals surface area contributed by atoms with Crippen molar-refractivity contribution in [2.24, 2.45) is 0 Å². The molecule has 0 aromatic carbocycles. The van der Waals surface area contributed by atoms with Crippen molar-refractivity contribution in [1.29, 1.82) is 0 Å². The lowest BCUT2D eigenvalue weighted by atomic mass is 10.3. The van der Waals surface area contributed by atoms with Crippen molar-refractivity contribution in [2.45, 2.75) is 19.3 Å². The van der Waals surface area contributed by atoms with Crippen LogP contribution in [0.1, 0.15) is 13.3 Å². The van der Waals surface area contributed by atoms with Crippen LogP contribution in [-0.2, 0) is 0 Å². The summed E-state index contributed by atoms with van der Waals surface area (Å²) < 4.78 is 23.9. The highest BCUT2D eigenvalue weighted by atomic mass is 19.3. The molecular weight excluding hydrogens is 112 g/mol. The molecule has 0 N–H and O–H groups in total. The molecule has 0 fully saturated rings. The molecule has 8 heavy (non-hydrogen) atoms. The summed E-state index contributed by atoms with van der Waals surface area (Å²) in [7, 11) is 0. The summed E-state index contributed by atoms with van der Waals surface area (Å²) in [5.41, 5.74) is 0. The third-order valence-electron chi connectivity index (χ3n) is 0.828. The third-order valence-corrected chi connectivity index (χ3v) is 0.828. The molecule has 0 aliphatic heterocycles. The maximum atomic E-state index is 11.9. The lowest BCUT2D eigenvalue weighted by Gasteiger charge is -2.03. The number of alkyl halides is 2. The zero-order valence-corrected chi connectivity index (χ0v) is 4.62. The summed E-state index contributed by atoms with van der Waals surface area (Å²) in [5, 5.41) is 0. The Morgan fingerprint density at radius 1 is 1.62 bits per heavy atom. The van der Waals surface area contributed by atoms with Gasteiger partial charge in [-0.25, -0.2) is 6.57 Å². The smallest absolute Gasteiger partial charge is 0.310 e. The summed E-state index contributed by atoms with van der Waals surface area (Å²) in [6, 6.07) is 0. The number of rotatable bonds is 2. The molecule has 0 saturated carbocycles. The average Bonchev–Trinajstić information content (AvgIpc) is 1.67. The van der Waals surface area contributed by atoms with E-state index in [-0.39, 0.29) is 6.42 Å². The summed E-state index contributed by atoms with van der Waals surface area (Å²) in [5.74, 6) is -2.76. The average molecular weight is 119 g/mol. The van der Waals surface area contributed by atoms with Crippen molar-refractivity contribution in [3.05, 3.63) is 11.4 Å². The highest BCUT2D eigenvalue weighted by Gasteiger charge is 2.29. The summed E-state index contributed by atoms with van der Waals surface area (Å²) >= 11 is 0. The van der Waals surface area contributed by atoms with E-state index in [0.29, 0.717) is 0 Å². The van der Waals surface area contributed by atoms with Crippen LogP contribution in [0.2, 0.25) is 0 Å². The van der Waals surface area contributed by atoms with Gasteiger partial charge >= 0.3 is 5.92 Å². The van der Waals surface area contributed by atoms with E-state index in [4.69, 9.17) is 6.57 Å². The molecule has 1 nitrogen and oxygen atoms in total. The molecular formula is C5H7F2N. The maximum Gasteiger partial charge on any atom is 0.318 e. The Morgan fingerprint density at radius 2 is 2.12 bits per heavy atom. The molecule has 0 aromatic rings. The van der Waals surface area contributed by atoms with E-state index in [1.54, 1.807) is 0 Å². The van der Waals surface area contributed by atoms with Crippen LogP contribution < -0.4 is 0 Å². The van der Waals surface area contributed by atoms with E-state index in [1.165, 1.54) is 6.92 Å². The SMILES string of the molecule is [C-]#[N+]CC(F)(F)CC. The van der Waals surface area contributed by atoms with E-state index < -0.39 is 12.5 Å². The van der Waals surface area contributed by atoms with Crippen molar-refractivity contribution in [3.63, 3.8) is 0 Å². The van der Waals surface area contributed by atoms with Gasteiger partial charge in [-0.2, -0.15) is 8.78 Å². The normalized spacial score (nSPS) is 10.8. The monoisotopic (exact) mass is 119 g/mol. The first-order valence-electron chi connectivity index (χ1n) is 2.33. The Hall–Kier alpha value is -0.650. The fraction of sp³-hybridized carbons (Fsp3) is 0.800. The Bertz CT molecular complexity index is 103. The largest absolute Gasteiger partial charge is 0.318 e. The topological polar surface area (TPSA) is 4.36 Å². The van der Waals surface area contributed by atoms with Crippen molar-refractivity contribution >= 4 is 0 Å². The van der Waals surface area contributed by atoms with Crippen LogP contribution in [0.3, 0.4) is 0 Å². The van der Waals surface area contributed by atoms with E-state index in [1.807, 2.05) is 0 Å². The van der Waals surface area contributed by atoms with Crippen LogP contribution in [0, 0.1) is 6.57 Å². The lowest BCUT2D eigenvalue weighted by molar-refractivity contribution is 0.0149. The van der Waals surface area contributed by atoms with Crippen LogP contribution in [0.15, 0.2) is 0 Å². The van der Waals surface area contributed by atoms with E-state index in [0.717, 1.165) is 0 Å². The second-order valence-electron chi connectivity index (χ2n) is 1.53. The van der Waals surface area contributed by atoms with Gasteiger partial charge in [0, 0.05) is 6.42 Å². The molecule has 0 unspecified atom stereocenters. The third kappa shape index (κ3) is 2.51. The Kier molecular flexibility index (Phi) is 2.40. The molecule has 0 rings (SSSR count). The Morgan fingerprint density at radius 3 is 2.25 bits per heavy atom. The molecule has 0 radical (unpaired) electrons.